The van der Waals surface area contributed by atoms with Crippen molar-refractivity contribution in [1.82, 2.24) is 24.9 Å². The van der Waals surface area contributed by atoms with Gasteiger partial charge < -0.3 is 16.4 Å². The molecule has 0 fully saturated rings. The number of nitrogens with two attached hydrogens (primary N) is 1. The van der Waals surface area contributed by atoms with Gasteiger partial charge in [-0.1, -0.05) is 42.5 Å². The van der Waals surface area contributed by atoms with Crippen LogP contribution in [-0.2, 0) is 24.6 Å². The van der Waals surface area contributed by atoms with Gasteiger partial charge in [-0.05, 0) is 24.6 Å². The van der Waals surface area contributed by atoms with Crippen molar-refractivity contribution in [2.75, 3.05) is 5.32 Å². The number of rotatable bonds is 7. The molecule has 2 amide bonds. The van der Waals surface area contributed by atoms with Gasteiger partial charge in [0.15, 0.2) is 5.69 Å². The lowest BCUT2D eigenvalue weighted by atomic mass is 10.1. The predicted molar refractivity (Wildman–Crippen MR) is 131 cm³/mol. The van der Waals surface area contributed by atoms with Crippen LogP contribution in [0, 0.1) is 0 Å². The molecule has 12 heteroatoms. The topological polar surface area (TPSA) is 120 Å². The highest BCUT2D eigenvalue weighted by molar-refractivity contribution is 6.03. The third-order valence-electron chi connectivity index (χ3n) is 5.46. The largest absolute Gasteiger partial charge is 0.435 e. The lowest BCUT2D eigenvalue weighted by Gasteiger charge is -2.11. The van der Waals surface area contributed by atoms with Crippen molar-refractivity contribution in [3.05, 3.63) is 83.7 Å². The summed E-state index contributed by atoms with van der Waals surface area (Å²) < 4.78 is 42.9. The SMILES string of the molecule is C[C@H](N)C(=O)NCc1cccc(-n2nc(C(F)(F)F)cc2C(=O)Nc2cc(-c3ccccc3)nn2C)c1. The van der Waals surface area contributed by atoms with Crippen molar-refractivity contribution in [1.29, 1.82) is 0 Å². The number of hydrogen-bond acceptors (Lipinski definition) is 5. The normalized spacial score (nSPS) is 12.3. The van der Waals surface area contributed by atoms with Gasteiger partial charge in [0.05, 0.1) is 17.4 Å². The molecule has 9 nitrogen and oxygen atoms in total. The second-order valence-corrected chi connectivity index (χ2v) is 8.36. The summed E-state index contributed by atoms with van der Waals surface area (Å²) in [7, 11) is 1.61. The monoisotopic (exact) mass is 511 g/mol. The first-order valence-corrected chi connectivity index (χ1v) is 11.2. The van der Waals surface area contributed by atoms with E-state index in [2.05, 4.69) is 20.8 Å². The molecule has 4 aromatic rings. The molecule has 0 aliphatic carbocycles. The number of aryl methyl sites for hydroxylation is 1. The Morgan fingerprint density at radius 1 is 1.03 bits per heavy atom. The maximum absolute atomic E-state index is 13.5. The molecule has 0 bridgehead atoms. The average molecular weight is 512 g/mol. The molecule has 0 unspecified atom stereocenters. The molecule has 2 heterocycles. The van der Waals surface area contributed by atoms with Gasteiger partial charge in [0.2, 0.25) is 5.91 Å². The molecule has 0 aliphatic heterocycles. The van der Waals surface area contributed by atoms with Crippen LogP contribution in [0.4, 0.5) is 19.0 Å². The molecule has 2 aromatic heterocycles. The molecular formula is C25H24F3N7O2. The van der Waals surface area contributed by atoms with E-state index in [1.165, 1.54) is 23.7 Å². The molecule has 0 aliphatic rings. The standard InChI is InChI=1S/C25H24F3N7O2/c1-15(29)23(36)30-14-16-7-6-10-18(11-16)35-20(13-21(33-35)25(26,27)28)24(37)31-22-12-19(32-34(22)2)17-8-4-3-5-9-17/h3-13,15H,14,29H2,1-2H3,(H,30,36)(H,31,37)/t15-/m0/s1. The van der Waals surface area contributed by atoms with E-state index in [0.717, 1.165) is 10.2 Å². The maximum atomic E-state index is 13.5. The van der Waals surface area contributed by atoms with Crippen LogP contribution in [0.3, 0.4) is 0 Å². The summed E-state index contributed by atoms with van der Waals surface area (Å²) in [5.74, 6) is -0.895. The van der Waals surface area contributed by atoms with E-state index in [-0.39, 0.29) is 29.7 Å². The van der Waals surface area contributed by atoms with E-state index in [1.54, 1.807) is 25.2 Å². The number of anilines is 1. The highest BCUT2D eigenvalue weighted by Gasteiger charge is 2.36. The number of hydrogen-bond donors (Lipinski definition) is 3. The first kappa shape index (κ1) is 25.6. The van der Waals surface area contributed by atoms with Gasteiger partial charge in [0.1, 0.15) is 11.5 Å². The summed E-state index contributed by atoms with van der Waals surface area (Å²) in [6.45, 7) is 1.63. The second-order valence-electron chi connectivity index (χ2n) is 8.36. The Morgan fingerprint density at radius 3 is 2.43 bits per heavy atom. The first-order valence-electron chi connectivity index (χ1n) is 11.2. The zero-order valence-corrected chi connectivity index (χ0v) is 20.0. The van der Waals surface area contributed by atoms with Gasteiger partial charge in [-0.15, -0.1) is 0 Å². The van der Waals surface area contributed by atoms with Crippen LogP contribution in [0.5, 0.6) is 0 Å². The molecule has 37 heavy (non-hydrogen) atoms. The third kappa shape index (κ3) is 5.86. The highest BCUT2D eigenvalue weighted by Crippen LogP contribution is 2.30. The summed E-state index contributed by atoms with van der Waals surface area (Å²) >= 11 is 0. The Balaban J connectivity index is 1.65. The van der Waals surface area contributed by atoms with Crippen molar-refractivity contribution in [2.24, 2.45) is 12.8 Å². The van der Waals surface area contributed by atoms with Crippen LogP contribution >= 0.6 is 0 Å². The summed E-state index contributed by atoms with van der Waals surface area (Å²) in [5.41, 5.74) is 6.20. The first-order chi connectivity index (χ1) is 17.5. The van der Waals surface area contributed by atoms with Crippen LogP contribution in [0.25, 0.3) is 16.9 Å². The third-order valence-corrected chi connectivity index (χ3v) is 5.46. The lowest BCUT2D eigenvalue weighted by Crippen LogP contribution is -2.37. The number of amides is 2. The Kier molecular flexibility index (Phi) is 7.11. The summed E-state index contributed by atoms with van der Waals surface area (Å²) in [6, 6.07) is 17.2. The highest BCUT2D eigenvalue weighted by atomic mass is 19.4. The van der Waals surface area contributed by atoms with Crippen LogP contribution in [0.2, 0.25) is 0 Å². The predicted octanol–water partition coefficient (Wildman–Crippen LogP) is 3.51. The van der Waals surface area contributed by atoms with Crippen LogP contribution in [-0.4, -0.2) is 37.4 Å². The van der Waals surface area contributed by atoms with Gasteiger partial charge in [-0.25, -0.2) is 4.68 Å². The molecular weight excluding hydrogens is 487 g/mol. The van der Waals surface area contributed by atoms with Gasteiger partial charge in [-0.3, -0.25) is 14.3 Å². The van der Waals surface area contributed by atoms with E-state index < -0.39 is 23.8 Å². The quantitative estimate of drug-likeness (QED) is 0.351. The number of nitrogens with one attached hydrogen (secondary N) is 2. The van der Waals surface area contributed by atoms with E-state index >= 15 is 0 Å². The number of alkyl halides is 3. The average Bonchev–Trinajstić information content (AvgIpc) is 3.48. The van der Waals surface area contributed by atoms with Crippen molar-refractivity contribution in [3.63, 3.8) is 0 Å². The Hall–Kier alpha value is -4.45. The van der Waals surface area contributed by atoms with Gasteiger partial charge in [0, 0.05) is 31.3 Å². The summed E-state index contributed by atoms with van der Waals surface area (Å²) in [5, 5.41) is 13.3. The second kappa shape index (κ2) is 10.3. The number of nitrogens with zero attached hydrogens (tertiary/aromatic N) is 4. The molecule has 2 aromatic carbocycles. The molecule has 0 saturated carbocycles. The number of benzene rings is 2. The van der Waals surface area contributed by atoms with Crippen LogP contribution in [0.15, 0.2) is 66.7 Å². The smallest absolute Gasteiger partial charge is 0.351 e. The van der Waals surface area contributed by atoms with Crippen molar-refractivity contribution in [3.8, 4) is 16.9 Å². The lowest BCUT2D eigenvalue weighted by molar-refractivity contribution is -0.141. The molecule has 4 N–H and O–H groups in total. The number of halogens is 3. The minimum absolute atomic E-state index is 0.0976. The van der Waals surface area contributed by atoms with Crippen LogP contribution < -0.4 is 16.4 Å². The fraction of sp³-hybridized carbons (Fsp3) is 0.200. The zero-order valence-electron chi connectivity index (χ0n) is 20.0. The van der Waals surface area contributed by atoms with Crippen LogP contribution in [0.1, 0.15) is 28.7 Å². The van der Waals surface area contributed by atoms with Crippen molar-refractivity contribution < 1.29 is 22.8 Å². The number of carbonyl (C=O) groups excluding carboxylic acids is 2. The van der Waals surface area contributed by atoms with E-state index in [9.17, 15) is 22.8 Å². The summed E-state index contributed by atoms with van der Waals surface area (Å²) in [4.78, 5) is 25.0. The fourth-order valence-corrected chi connectivity index (χ4v) is 3.54. The molecule has 0 saturated heterocycles. The zero-order chi connectivity index (χ0) is 26.7. The summed E-state index contributed by atoms with van der Waals surface area (Å²) in [6.07, 6.45) is -4.77. The van der Waals surface area contributed by atoms with Gasteiger partial charge >= 0.3 is 6.18 Å². The molecule has 0 spiro atoms. The Labute approximate surface area is 210 Å². The Morgan fingerprint density at radius 2 is 1.76 bits per heavy atom. The fourth-order valence-electron chi connectivity index (χ4n) is 3.54. The van der Waals surface area contributed by atoms with Crippen molar-refractivity contribution in [2.45, 2.75) is 25.7 Å². The van der Waals surface area contributed by atoms with E-state index in [1.807, 2.05) is 30.3 Å². The molecule has 192 valence electrons. The maximum Gasteiger partial charge on any atom is 0.435 e. The Bertz CT molecular complexity index is 1430. The number of carbonyl (C=O) groups is 2. The molecule has 0 radical (unpaired) electrons. The van der Waals surface area contributed by atoms with Gasteiger partial charge in [0.25, 0.3) is 5.91 Å². The van der Waals surface area contributed by atoms with Gasteiger partial charge in [-0.2, -0.15) is 23.4 Å². The van der Waals surface area contributed by atoms with Crippen molar-refractivity contribution >= 4 is 17.6 Å². The number of aromatic nitrogens is 4. The molecule has 4 rings (SSSR count). The molecule has 1 atom stereocenters. The van der Waals surface area contributed by atoms with E-state index in [4.69, 9.17) is 5.73 Å². The minimum atomic E-state index is -4.77. The van der Waals surface area contributed by atoms with E-state index in [0.29, 0.717) is 17.3 Å². The minimum Gasteiger partial charge on any atom is -0.351 e.